The molecule has 0 aliphatic carbocycles. The van der Waals surface area contributed by atoms with Gasteiger partial charge >= 0.3 is 0 Å². The molecule has 0 saturated heterocycles. The molecule has 1 heterocycles. The molecule has 140 valence electrons. The summed E-state index contributed by atoms with van der Waals surface area (Å²) in [5, 5.41) is 14.3. The molecule has 1 N–H and O–H groups in total. The Kier molecular flexibility index (Phi) is 5.45. The molecule has 3 aromatic carbocycles. The minimum atomic E-state index is -0.0745. The fraction of sp³-hybridized carbons (Fsp3) is 0.0952. The number of benzene rings is 3. The minimum Gasteiger partial charge on any atom is -0.325 e. The maximum atomic E-state index is 12.5. The second-order valence-corrected chi connectivity index (χ2v) is 8.09. The first-order chi connectivity index (χ1) is 13.6. The molecule has 7 heteroatoms. The van der Waals surface area contributed by atoms with Crippen molar-refractivity contribution in [3.8, 4) is 11.4 Å². The third kappa shape index (κ3) is 3.95. The lowest BCUT2D eigenvalue weighted by Gasteiger charge is -2.08. The Morgan fingerprint density at radius 3 is 2.61 bits per heavy atom. The average Bonchev–Trinajstić information content (AvgIpc) is 3.08. The summed E-state index contributed by atoms with van der Waals surface area (Å²) < 4.78 is 2.91. The van der Waals surface area contributed by atoms with Gasteiger partial charge in [-0.1, -0.05) is 76.2 Å². The van der Waals surface area contributed by atoms with E-state index in [0.717, 1.165) is 32.3 Å². The standard InChI is InChI=1S/C21H17BrN4OS/c1-26-20(15-9-11-16(22)12-10-15)24-25-21(26)28-13-19(27)23-18-8-4-6-14-5-2-3-7-17(14)18/h2-12H,13H2,1H3,(H,23,27). The van der Waals surface area contributed by atoms with E-state index in [1.165, 1.54) is 11.8 Å². The van der Waals surface area contributed by atoms with E-state index in [-0.39, 0.29) is 11.7 Å². The second-order valence-electron chi connectivity index (χ2n) is 6.24. The van der Waals surface area contributed by atoms with Crippen LogP contribution in [-0.4, -0.2) is 26.4 Å². The zero-order valence-electron chi connectivity index (χ0n) is 15.1. The highest BCUT2D eigenvalue weighted by Crippen LogP contribution is 2.25. The Hall–Kier alpha value is -2.64. The number of nitrogens with zero attached hydrogens (tertiary/aromatic N) is 3. The molecular weight excluding hydrogens is 436 g/mol. The zero-order valence-corrected chi connectivity index (χ0v) is 17.5. The van der Waals surface area contributed by atoms with Crippen molar-refractivity contribution in [2.75, 3.05) is 11.1 Å². The van der Waals surface area contributed by atoms with Crippen molar-refractivity contribution in [2.45, 2.75) is 5.16 Å². The summed E-state index contributed by atoms with van der Waals surface area (Å²) in [7, 11) is 1.91. The number of nitrogens with one attached hydrogen (secondary N) is 1. The smallest absolute Gasteiger partial charge is 0.234 e. The molecule has 1 amide bonds. The van der Waals surface area contributed by atoms with Gasteiger partial charge in [-0.05, 0) is 23.6 Å². The summed E-state index contributed by atoms with van der Waals surface area (Å²) in [5.74, 6) is 0.953. The van der Waals surface area contributed by atoms with Gasteiger partial charge in [0.25, 0.3) is 0 Å². The van der Waals surface area contributed by atoms with E-state index in [1.807, 2.05) is 78.3 Å². The molecule has 0 radical (unpaired) electrons. The van der Waals surface area contributed by atoms with Crippen molar-refractivity contribution in [2.24, 2.45) is 7.05 Å². The summed E-state index contributed by atoms with van der Waals surface area (Å²) >= 11 is 4.80. The minimum absolute atomic E-state index is 0.0745. The molecule has 0 unspecified atom stereocenters. The highest BCUT2D eigenvalue weighted by Gasteiger charge is 2.13. The molecular formula is C21H17BrN4OS. The van der Waals surface area contributed by atoms with E-state index in [0.29, 0.717) is 5.16 Å². The second kappa shape index (κ2) is 8.16. The van der Waals surface area contributed by atoms with Crippen LogP contribution in [0.5, 0.6) is 0 Å². The van der Waals surface area contributed by atoms with Crippen LogP contribution in [-0.2, 0) is 11.8 Å². The fourth-order valence-electron chi connectivity index (χ4n) is 2.94. The van der Waals surface area contributed by atoms with Gasteiger partial charge < -0.3 is 9.88 Å². The first kappa shape index (κ1) is 18.7. The number of thioether (sulfide) groups is 1. The normalized spacial score (nSPS) is 10.9. The van der Waals surface area contributed by atoms with Crippen molar-refractivity contribution in [1.29, 1.82) is 0 Å². The molecule has 0 atom stereocenters. The van der Waals surface area contributed by atoms with Crippen molar-refractivity contribution >= 4 is 50.1 Å². The predicted molar refractivity (Wildman–Crippen MR) is 117 cm³/mol. The quantitative estimate of drug-likeness (QED) is 0.426. The largest absolute Gasteiger partial charge is 0.325 e. The molecule has 0 aliphatic rings. The SMILES string of the molecule is Cn1c(SCC(=O)Nc2cccc3ccccc23)nnc1-c1ccc(Br)cc1. The third-order valence-electron chi connectivity index (χ3n) is 4.33. The van der Waals surface area contributed by atoms with Gasteiger partial charge in [0.15, 0.2) is 11.0 Å². The lowest BCUT2D eigenvalue weighted by Crippen LogP contribution is -2.14. The number of rotatable bonds is 5. The Balaban J connectivity index is 1.44. The summed E-state index contributed by atoms with van der Waals surface area (Å²) in [5.41, 5.74) is 1.79. The first-order valence-electron chi connectivity index (χ1n) is 8.67. The molecule has 1 aromatic heterocycles. The lowest BCUT2D eigenvalue weighted by atomic mass is 10.1. The van der Waals surface area contributed by atoms with Gasteiger partial charge in [0.2, 0.25) is 5.91 Å². The Morgan fingerprint density at radius 1 is 1.04 bits per heavy atom. The van der Waals surface area contributed by atoms with E-state index in [4.69, 9.17) is 0 Å². The van der Waals surface area contributed by atoms with Crippen LogP contribution in [0.15, 0.2) is 76.4 Å². The number of anilines is 1. The highest BCUT2D eigenvalue weighted by molar-refractivity contribution is 9.10. The maximum absolute atomic E-state index is 12.5. The van der Waals surface area contributed by atoms with Crippen LogP contribution < -0.4 is 5.32 Å². The van der Waals surface area contributed by atoms with Gasteiger partial charge in [0, 0.05) is 28.2 Å². The summed E-state index contributed by atoms with van der Waals surface area (Å²) in [6.07, 6.45) is 0. The number of carbonyl (C=O) groups is 1. The molecule has 4 aromatic rings. The summed E-state index contributed by atoms with van der Waals surface area (Å²) in [6, 6.07) is 21.8. The predicted octanol–water partition coefficient (Wildman–Crippen LogP) is 5.13. The van der Waals surface area contributed by atoms with E-state index < -0.39 is 0 Å². The van der Waals surface area contributed by atoms with Crippen LogP contribution in [0.2, 0.25) is 0 Å². The van der Waals surface area contributed by atoms with Crippen LogP contribution in [0.1, 0.15) is 0 Å². The van der Waals surface area contributed by atoms with Crippen molar-refractivity contribution in [3.63, 3.8) is 0 Å². The molecule has 0 bridgehead atoms. The topological polar surface area (TPSA) is 59.8 Å². The van der Waals surface area contributed by atoms with Gasteiger partial charge in [-0.2, -0.15) is 0 Å². The number of halogens is 1. The van der Waals surface area contributed by atoms with E-state index in [2.05, 4.69) is 31.4 Å². The molecule has 28 heavy (non-hydrogen) atoms. The molecule has 0 saturated carbocycles. The molecule has 0 fully saturated rings. The van der Waals surface area contributed by atoms with Gasteiger partial charge in [0.1, 0.15) is 0 Å². The first-order valence-corrected chi connectivity index (χ1v) is 10.5. The van der Waals surface area contributed by atoms with Crippen LogP contribution in [0.3, 0.4) is 0 Å². The maximum Gasteiger partial charge on any atom is 0.234 e. The van der Waals surface area contributed by atoms with E-state index in [1.54, 1.807) is 0 Å². The number of fused-ring (bicyclic) bond motifs is 1. The lowest BCUT2D eigenvalue weighted by molar-refractivity contribution is -0.113. The number of hydrogen-bond acceptors (Lipinski definition) is 4. The summed E-state index contributed by atoms with van der Waals surface area (Å²) in [6.45, 7) is 0. The van der Waals surface area contributed by atoms with Crippen molar-refractivity contribution < 1.29 is 4.79 Å². The summed E-state index contributed by atoms with van der Waals surface area (Å²) in [4.78, 5) is 12.5. The fourth-order valence-corrected chi connectivity index (χ4v) is 3.92. The molecule has 4 rings (SSSR count). The number of hydrogen-bond donors (Lipinski definition) is 1. The number of carbonyl (C=O) groups excluding carboxylic acids is 1. The van der Waals surface area contributed by atoms with Crippen LogP contribution in [0, 0.1) is 0 Å². The third-order valence-corrected chi connectivity index (χ3v) is 5.88. The Morgan fingerprint density at radius 2 is 1.79 bits per heavy atom. The van der Waals surface area contributed by atoms with Crippen molar-refractivity contribution in [3.05, 3.63) is 71.2 Å². The van der Waals surface area contributed by atoms with Crippen molar-refractivity contribution in [1.82, 2.24) is 14.8 Å². The Bertz CT molecular complexity index is 1140. The van der Waals surface area contributed by atoms with Crippen LogP contribution in [0.25, 0.3) is 22.2 Å². The highest BCUT2D eigenvalue weighted by atomic mass is 79.9. The molecule has 5 nitrogen and oxygen atoms in total. The van der Waals surface area contributed by atoms with Gasteiger partial charge in [-0.15, -0.1) is 10.2 Å². The number of aromatic nitrogens is 3. The molecule has 0 aliphatic heterocycles. The van der Waals surface area contributed by atoms with E-state index >= 15 is 0 Å². The zero-order chi connectivity index (χ0) is 19.5. The van der Waals surface area contributed by atoms with Gasteiger partial charge in [0.05, 0.1) is 5.75 Å². The monoisotopic (exact) mass is 452 g/mol. The van der Waals surface area contributed by atoms with Gasteiger partial charge in [-0.25, -0.2) is 0 Å². The van der Waals surface area contributed by atoms with Gasteiger partial charge in [-0.3, -0.25) is 4.79 Å². The van der Waals surface area contributed by atoms with Crippen LogP contribution in [0.4, 0.5) is 5.69 Å². The molecule has 0 spiro atoms. The van der Waals surface area contributed by atoms with Crippen LogP contribution >= 0.6 is 27.7 Å². The Labute approximate surface area is 175 Å². The number of amides is 1. The average molecular weight is 453 g/mol. The van der Waals surface area contributed by atoms with E-state index in [9.17, 15) is 4.79 Å².